The minimum absolute atomic E-state index is 0.0241. The van der Waals surface area contributed by atoms with Crippen molar-refractivity contribution in [2.75, 3.05) is 6.54 Å². The summed E-state index contributed by atoms with van der Waals surface area (Å²) in [6.07, 6.45) is 1.65. The zero-order chi connectivity index (χ0) is 21.8. The van der Waals surface area contributed by atoms with Crippen LogP contribution in [0.2, 0.25) is 5.02 Å². The van der Waals surface area contributed by atoms with E-state index >= 15 is 0 Å². The number of nitrogens with zero attached hydrogens (tertiary/aromatic N) is 1. The summed E-state index contributed by atoms with van der Waals surface area (Å²) < 4.78 is 5.00. The van der Waals surface area contributed by atoms with Crippen molar-refractivity contribution in [3.8, 4) is 5.75 Å². The maximum atomic E-state index is 12.6. The largest absolute Gasteiger partial charge is 0.507 e. The Hall–Kier alpha value is -2.77. The monoisotopic (exact) mass is 445 g/mol. The number of benzene rings is 2. The third-order valence-electron chi connectivity index (χ3n) is 4.26. The van der Waals surface area contributed by atoms with Crippen molar-refractivity contribution >= 4 is 46.6 Å². The molecule has 1 saturated heterocycles. The summed E-state index contributed by atoms with van der Waals surface area (Å²) >= 11 is 6.93. The molecular weight excluding hydrogens is 426 g/mol. The minimum atomic E-state index is -0.655. The number of rotatable bonds is 6. The molecule has 1 aliphatic heterocycles. The number of phenolic OH excluding ortho intramolecular Hbond substituents is 1. The first-order valence-corrected chi connectivity index (χ1v) is 10.4. The third-order valence-corrected chi connectivity index (χ3v) is 5.54. The van der Waals surface area contributed by atoms with Crippen molar-refractivity contribution in [3.05, 3.63) is 69.1 Å². The number of carbonyl (C=O) groups excluding carboxylic acids is 3. The Labute approximate surface area is 183 Å². The molecule has 0 bridgehead atoms. The molecule has 1 fully saturated rings. The number of phenols is 1. The molecule has 1 N–H and O–H groups in total. The molecule has 0 atom stereocenters. The number of amides is 2. The van der Waals surface area contributed by atoms with Gasteiger partial charge in [-0.2, -0.15) is 0 Å². The Morgan fingerprint density at radius 2 is 1.97 bits per heavy atom. The van der Waals surface area contributed by atoms with E-state index in [9.17, 15) is 19.5 Å². The Bertz CT molecular complexity index is 1030. The molecule has 0 aliphatic carbocycles. The van der Waals surface area contributed by atoms with Crippen molar-refractivity contribution < 1.29 is 24.2 Å². The van der Waals surface area contributed by atoms with Crippen LogP contribution in [0.25, 0.3) is 6.08 Å². The van der Waals surface area contributed by atoms with E-state index in [1.54, 1.807) is 32.0 Å². The van der Waals surface area contributed by atoms with Crippen LogP contribution < -0.4 is 0 Å². The van der Waals surface area contributed by atoms with Crippen LogP contribution in [0.1, 0.15) is 30.5 Å². The van der Waals surface area contributed by atoms with Gasteiger partial charge in [0.2, 0.25) is 0 Å². The molecule has 2 amide bonds. The lowest BCUT2D eigenvalue weighted by Crippen LogP contribution is -2.35. The molecule has 0 radical (unpaired) electrons. The van der Waals surface area contributed by atoms with Crippen LogP contribution in [0.15, 0.2) is 47.4 Å². The van der Waals surface area contributed by atoms with Gasteiger partial charge in [-0.1, -0.05) is 35.9 Å². The van der Waals surface area contributed by atoms with Crippen LogP contribution in [-0.4, -0.2) is 39.8 Å². The second-order valence-corrected chi connectivity index (χ2v) is 8.37. The zero-order valence-electron chi connectivity index (χ0n) is 16.4. The molecular formula is C22H20ClNO5S. The first-order chi connectivity index (χ1) is 14.2. The van der Waals surface area contributed by atoms with E-state index in [4.69, 9.17) is 16.3 Å². The number of halogens is 1. The summed E-state index contributed by atoms with van der Waals surface area (Å²) in [6, 6.07) is 12.5. The van der Waals surface area contributed by atoms with E-state index in [2.05, 4.69) is 0 Å². The number of hydrogen-bond acceptors (Lipinski definition) is 6. The highest BCUT2D eigenvalue weighted by Crippen LogP contribution is 2.34. The fraction of sp³-hybridized carbons (Fsp3) is 0.227. The molecule has 0 aromatic heterocycles. The fourth-order valence-electron chi connectivity index (χ4n) is 2.90. The quantitative estimate of drug-likeness (QED) is 0.515. The van der Waals surface area contributed by atoms with Gasteiger partial charge in [0.05, 0.1) is 11.0 Å². The van der Waals surface area contributed by atoms with E-state index in [0.29, 0.717) is 17.0 Å². The first kappa shape index (κ1) is 21.9. The van der Waals surface area contributed by atoms with E-state index in [1.807, 2.05) is 18.2 Å². The standard InChI is InChI=1S/C22H20ClNO5S/c1-13(2)29-20(26)12-24-21(27)19(30-22(24)28)11-16-10-14(7-8-18(16)25)9-15-5-3-4-6-17(15)23/h3-8,10-11,13,25H,9,12H2,1-2H3/b19-11-. The molecule has 0 unspecified atom stereocenters. The van der Waals surface area contributed by atoms with Crippen LogP contribution in [0.3, 0.4) is 0 Å². The van der Waals surface area contributed by atoms with Gasteiger partial charge in [0.1, 0.15) is 12.3 Å². The molecule has 30 heavy (non-hydrogen) atoms. The van der Waals surface area contributed by atoms with Crippen LogP contribution in [-0.2, 0) is 20.7 Å². The van der Waals surface area contributed by atoms with E-state index in [-0.39, 0.29) is 16.8 Å². The summed E-state index contributed by atoms with van der Waals surface area (Å²) in [5.74, 6) is -1.27. The number of aromatic hydroxyl groups is 1. The van der Waals surface area contributed by atoms with Gasteiger partial charge in [0.15, 0.2) is 0 Å². The Balaban J connectivity index is 1.81. The van der Waals surface area contributed by atoms with Crippen molar-refractivity contribution in [3.63, 3.8) is 0 Å². The van der Waals surface area contributed by atoms with Gasteiger partial charge < -0.3 is 9.84 Å². The van der Waals surface area contributed by atoms with Crippen LogP contribution in [0, 0.1) is 0 Å². The Morgan fingerprint density at radius 3 is 2.67 bits per heavy atom. The predicted octanol–water partition coefficient (Wildman–Crippen LogP) is 4.62. The van der Waals surface area contributed by atoms with Gasteiger partial charge in [0, 0.05) is 10.6 Å². The number of ether oxygens (including phenoxy) is 1. The molecule has 3 rings (SSSR count). The highest BCUT2D eigenvalue weighted by atomic mass is 35.5. The van der Waals surface area contributed by atoms with Gasteiger partial charge in [-0.05, 0) is 67.4 Å². The highest BCUT2D eigenvalue weighted by Gasteiger charge is 2.37. The summed E-state index contributed by atoms with van der Waals surface area (Å²) in [7, 11) is 0. The normalized spacial score (nSPS) is 15.3. The van der Waals surface area contributed by atoms with Crippen molar-refractivity contribution in [2.24, 2.45) is 0 Å². The van der Waals surface area contributed by atoms with Crippen molar-refractivity contribution in [1.82, 2.24) is 4.90 Å². The summed E-state index contributed by atoms with van der Waals surface area (Å²) in [5.41, 5.74) is 2.21. The zero-order valence-corrected chi connectivity index (χ0v) is 18.0. The molecule has 0 spiro atoms. The lowest BCUT2D eigenvalue weighted by Gasteiger charge is -2.13. The SMILES string of the molecule is CC(C)OC(=O)CN1C(=O)S/C(=C\c2cc(Cc3ccccc3Cl)ccc2O)C1=O. The van der Waals surface area contributed by atoms with Gasteiger partial charge in [-0.25, -0.2) is 0 Å². The Morgan fingerprint density at radius 1 is 1.23 bits per heavy atom. The molecule has 0 saturated carbocycles. The predicted molar refractivity (Wildman–Crippen MR) is 116 cm³/mol. The topological polar surface area (TPSA) is 83.9 Å². The van der Waals surface area contributed by atoms with E-state index in [1.165, 1.54) is 12.1 Å². The Kier molecular flexibility index (Phi) is 6.84. The molecule has 2 aromatic carbocycles. The average Bonchev–Trinajstić information content (AvgIpc) is 2.93. The van der Waals surface area contributed by atoms with Gasteiger partial charge in [0.25, 0.3) is 11.1 Å². The first-order valence-electron chi connectivity index (χ1n) is 9.24. The molecule has 8 heteroatoms. The molecule has 1 heterocycles. The molecule has 156 valence electrons. The number of hydrogen-bond donors (Lipinski definition) is 1. The minimum Gasteiger partial charge on any atom is -0.507 e. The highest BCUT2D eigenvalue weighted by molar-refractivity contribution is 8.18. The average molecular weight is 446 g/mol. The molecule has 1 aliphatic rings. The summed E-state index contributed by atoms with van der Waals surface area (Å²) in [5, 5.41) is 10.3. The summed E-state index contributed by atoms with van der Waals surface area (Å²) in [6.45, 7) is 2.92. The lowest BCUT2D eigenvalue weighted by molar-refractivity contribution is -0.149. The van der Waals surface area contributed by atoms with Crippen molar-refractivity contribution in [1.29, 1.82) is 0 Å². The van der Waals surface area contributed by atoms with Gasteiger partial charge >= 0.3 is 5.97 Å². The number of carbonyl (C=O) groups is 3. The maximum absolute atomic E-state index is 12.6. The second kappa shape index (κ2) is 9.36. The molecule has 6 nitrogen and oxygen atoms in total. The number of esters is 1. The van der Waals surface area contributed by atoms with E-state index in [0.717, 1.165) is 27.8 Å². The number of thioether (sulfide) groups is 1. The molecule has 2 aromatic rings. The van der Waals surface area contributed by atoms with Gasteiger partial charge in [-0.3, -0.25) is 19.3 Å². The smallest absolute Gasteiger partial charge is 0.326 e. The van der Waals surface area contributed by atoms with Crippen LogP contribution >= 0.6 is 23.4 Å². The van der Waals surface area contributed by atoms with Crippen molar-refractivity contribution in [2.45, 2.75) is 26.4 Å². The second-order valence-electron chi connectivity index (χ2n) is 6.97. The fourth-order valence-corrected chi connectivity index (χ4v) is 3.93. The lowest BCUT2D eigenvalue weighted by atomic mass is 10.0. The summed E-state index contributed by atoms with van der Waals surface area (Å²) in [4.78, 5) is 37.5. The maximum Gasteiger partial charge on any atom is 0.326 e. The van der Waals surface area contributed by atoms with Crippen LogP contribution in [0.5, 0.6) is 5.75 Å². The van der Waals surface area contributed by atoms with Gasteiger partial charge in [-0.15, -0.1) is 0 Å². The van der Waals surface area contributed by atoms with E-state index < -0.39 is 23.7 Å². The number of imide groups is 1. The van der Waals surface area contributed by atoms with Crippen LogP contribution in [0.4, 0.5) is 4.79 Å². The third kappa shape index (κ3) is 5.23.